The van der Waals surface area contributed by atoms with Crippen molar-refractivity contribution in [2.24, 2.45) is 0 Å². The van der Waals surface area contributed by atoms with Gasteiger partial charge >= 0.3 is 0 Å². The number of ether oxygens (including phenoxy) is 1. The summed E-state index contributed by atoms with van der Waals surface area (Å²) in [5, 5.41) is 0. The van der Waals surface area contributed by atoms with Crippen LogP contribution in [0.1, 0.15) is 30.9 Å². The van der Waals surface area contributed by atoms with Crippen molar-refractivity contribution in [3.8, 4) is 11.5 Å². The monoisotopic (exact) mass is 298 g/mol. The lowest BCUT2D eigenvalue weighted by atomic mass is 10.0. The zero-order chi connectivity index (χ0) is 15.4. The number of likely N-dealkylation sites (tertiary alicyclic amines) is 1. The molecule has 0 bridgehead atoms. The van der Waals surface area contributed by atoms with E-state index >= 15 is 0 Å². The second-order valence-corrected chi connectivity index (χ2v) is 5.74. The molecule has 1 saturated heterocycles. The minimum absolute atomic E-state index is 0.150. The van der Waals surface area contributed by atoms with Gasteiger partial charge in [0.1, 0.15) is 17.3 Å². The molecule has 0 aliphatic carbocycles. The van der Waals surface area contributed by atoms with Crippen LogP contribution < -0.4 is 4.74 Å². The summed E-state index contributed by atoms with van der Waals surface area (Å²) in [6.45, 7) is 6.53. The third kappa shape index (κ3) is 3.66. The first-order chi connectivity index (χ1) is 10.7. The third-order valence-electron chi connectivity index (χ3n) is 4.12. The first kappa shape index (κ1) is 15.0. The van der Waals surface area contributed by atoms with Crippen molar-refractivity contribution in [3.05, 3.63) is 66.8 Å². The molecule has 1 radical (unpaired) electrons. The van der Waals surface area contributed by atoms with Crippen molar-refractivity contribution >= 4 is 0 Å². The summed E-state index contributed by atoms with van der Waals surface area (Å²) < 4.78 is 18.7. The highest BCUT2D eigenvalue weighted by Crippen LogP contribution is 2.28. The van der Waals surface area contributed by atoms with Crippen molar-refractivity contribution in [1.82, 2.24) is 4.90 Å². The molecule has 0 amide bonds. The Kier molecular flexibility index (Phi) is 4.74. The maximum Gasteiger partial charge on any atom is 0.127 e. The van der Waals surface area contributed by atoms with Gasteiger partial charge in [-0.25, -0.2) is 4.39 Å². The molecule has 1 fully saturated rings. The van der Waals surface area contributed by atoms with E-state index in [4.69, 9.17) is 4.74 Å². The average Bonchev–Trinajstić information content (AvgIpc) is 2.57. The first-order valence-electron chi connectivity index (χ1n) is 7.83. The Bertz CT molecular complexity index is 605. The van der Waals surface area contributed by atoms with E-state index in [0.29, 0.717) is 5.75 Å². The minimum atomic E-state index is -0.260. The van der Waals surface area contributed by atoms with E-state index in [0.717, 1.165) is 24.4 Å². The van der Waals surface area contributed by atoms with Gasteiger partial charge in [0.05, 0.1) is 0 Å². The number of nitrogens with zero attached hydrogens (tertiary/aromatic N) is 1. The highest BCUT2D eigenvalue weighted by Gasteiger charge is 2.18. The summed E-state index contributed by atoms with van der Waals surface area (Å²) in [7, 11) is 0. The molecule has 1 aliphatic rings. The second-order valence-electron chi connectivity index (χ2n) is 5.74. The highest BCUT2D eigenvalue weighted by atomic mass is 19.1. The Morgan fingerprint density at radius 3 is 2.41 bits per heavy atom. The summed E-state index contributed by atoms with van der Waals surface area (Å²) in [5.41, 5.74) is 1.15. The molecular weight excluding hydrogens is 277 g/mol. The predicted molar refractivity (Wildman–Crippen MR) is 86.4 cm³/mol. The van der Waals surface area contributed by atoms with Gasteiger partial charge in [-0.3, -0.25) is 4.90 Å². The van der Waals surface area contributed by atoms with Crippen LogP contribution in [0.2, 0.25) is 0 Å². The molecule has 0 saturated carbocycles. The fraction of sp³-hybridized carbons (Fsp3) is 0.316. The molecule has 0 aromatic heterocycles. The van der Waals surface area contributed by atoms with Crippen LogP contribution in [0.15, 0.2) is 48.5 Å². The lowest BCUT2D eigenvalue weighted by Gasteiger charge is -2.32. The number of hydrogen-bond acceptors (Lipinski definition) is 2. The molecule has 1 heterocycles. The van der Waals surface area contributed by atoms with Crippen LogP contribution in [0.4, 0.5) is 4.39 Å². The van der Waals surface area contributed by atoms with Gasteiger partial charge in [-0.1, -0.05) is 18.6 Å². The van der Waals surface area contributed by atoms with Crippen LogP contribution in [-0.4, -0.2) is 18.0 Å². The van der Waals surface area contributed by atoms with Crippen LogP contribution >= 0.6 is 0 Å². The molecule has 0 N–H and O–H groups in total. The van der Waals surface area contributed by atoms with Crippen molar-refractivity contribution in [3.63, 3.8) is 0 Å². The lowest BCUT2D eigenvalue weighted by molar-refractivity contribution is 0.190. The smallest absolute Gasteiger partial charge is 0.127 e. The Hall–Kier alpha value is -1.87. The van der Waals surface area contributed by atoms with Crippen molar-refractivity contribution in [2.75, 3.05) is 13.1 Å². The largest absolute Gasteiger partial charge is 0.457 e. The molecule has 2 nitrogen and oxygen atoms in total. The van der Waals surface area contributed by atoms with Gasteiger partial charge in [0, 0.05) is 6.04 Å². The first-order valence-corrected chi connectivity index (χ1v) is 7.83. The Morgan fingerprint density at radius 1 is 0.955 bits per heavy atom. The molecule has 0 spiro atoms. The van der Waals surface area contributed by atoms with Crippen LogP contribution in [0, 0.1) is 12.7 Å². The Balaban J connectivity index is 1.72. The molecule has 22 heavy (non-hydrogen) atoms. The topological polar surface area (TPSA) is 12.5 Å². The fourth-order valence-corrected chi connectivity index (χ4v) is 2.86. The zero-order valence-electron chi connectivity index (χ0n) is 12.7. The van der Waals surface area contributed by atoms with Gasteiger partial charge in [-0.2, -0.15) is 0 Å². The number of benzene rings is 2. The van der Waals surface area contributed by atoms with Gasteiger partial charge in [0.25, 0.3) is 0 Å². The van der Waals surface area contributed by atoms with Gasteiger partial charge in [0.15, 0.2) is 0 Å². The molecule has 3 heteroatoms. The molecular formula is C19H21FNO. The summed E-state index contributed by atoms with van der Waals surface area (Å²) in [5.74, 6) is 1.14. The van der Waals surface area contributed by atoms with Crippen molar-refractivity contribution < 1.29 is 9.13 Å². The van der Waals surface area contributed by atoms with E-state index in [1.54, 1.807) is 12.1 Å². The number of rotatable bonds is 4. The summed E-state index contributed by atoms with van der Waals surface area (Å²) in [6.07, 6.45) is 3.81. The summed E-state index contributed by atoms with van der Waals surface area (Å²) >= 11 is 0. The molecule has 1 unspecified atom stereocenters. The third-order valence-corrected chi connectivity index (χ3v) is 4.12. The van der Waals surface area contributed by atoms with E-state index in [1.807, 2.05) is 18.2 Å². The normalized spacial score (nSPS) is 17.2. The maximum atomic E-state index is 12.9. The fourth-order valence-electron chi connectivity index (χ4n) is 2.86. The molecule has 3 rings (SSSR count). The van der Waals surface area contributed by atoms with Crippen LogP contribution in [-0.2, 0) is 0 Å². The molecule has 2 aromatic rings. The number of halogens is 1. The predicted octanol–water partition coefficient (Wildman–Crippen LogP) is 4.98. The molecule has 115 valence electrons. The van der Waals surface area contributed by atoms with Gasteiger partial charge in [-0.15, -0.1) is 0 Å². The van der Waals surface area contributed by atoms with Crippen molar-refractivity contribution in [1.29, 1.82) is 0 Å². The van der Waals surface area contributed by atoms with Crippen LogP contribution in [0.25, 0.3) is 0 Å². The van der Waals surface area contributed by atoms with Crippen molar-refractivity contribution in [2.45, 2.75) is 25.3 Å². The molecule has 1 atom stereocenters. The highest BCUT2D eigenvalue weighted by molar-refractivity contribution is 5.35. The quantitative estimate of drug-likeness (QED) is 0.789. The minimum Gasteiger partial charge on any atom is -0.457 e. The van der Waals surface area contributed by atoms with E-state index in [9.17, 15) is 4.39 Å². The Labute approximate surface area is 131 Å². The van der Waals surface area contributed by atoms with Gasteiger partial charge in [-0.05, 0) is 74.8 Å². The van der Waals surface area contributed by atoms with Crippen LogP contribution in [0.5, 0.6) is 11.5 Å². The summed E-state index contributed by atoms with van der Waals surface area (Å²) in [6, 6.07) is 14.2. The second kappa shape index (κ2) is 6.93. The maximum absolute atomic E-state index is 12.9. The number of hydrogen-bond donors (Lipinski definition) is 0. The van der Waals surface area contributed by atoms with Crippen LogP contribution in [0.3, 0.4) is 0 Å². The van der Waals surface area contributed by atoms with E-state index in [-0.39, 0.29) is 11.9 Å². The summed E-state index contributed by atoms with van der Waals surface area (Å²) in [4.78, 5) is 2.42. The zero-order valence-corrected chi connectivity index (χ0v) is 12.7. The molecule has 2 aromatic carbocycles. The lowest BCUT2D eigenvalue weighted by Crippen LogP contribution is -2.32. The van der Waals surface area contributed by atoms with Gasteiger partial charge < -0.3 is 4.74 Å². The van der Waals surface area contributed by atoms with E-state index in [1.165, 1.54) is 31.4 Å². The number of piperidine rings is 1. The molecule has 1 aliphatic heterocycles. The van der Waals surface area contributed by atoms with E-state index in [2.05, 4.69) is 17.9 Å². The average molecular weight is 298 g/mol. The standard InChI is InChI=1S/C19H21FNO/c1-15(21-12-3-2-4-13-21)16-6-5-7-19(14-16)22-18-10-8-17(20)9-11-18/h5-11,14-15H,1-4,12-13H2. The SMILES string of the molecule is [CH2]C(c1cccc(Oc2ccc(F)cc2)c1)N1CCCCC1. The van der Waals surface area contributed by atoms with E-state index < -0.39 is 0 Å². The Morgan fingerprint density at radius 2 is 1.68 bits per heavy atom. The van der Waals surface area contributed by atoms with Gasteiger partial charge in [0.2, 0.25) is 0 Å².